The topological polar surface area (TPSA) is 83.6 Å². The fourth-order valence-corrected chi connectivity index (χ4v) is 3.24. The first-order valence-electron chi connectivity index (χ1n) is 5.95. The Hall–Kier alpha value is -2.06. The minimum Gasteiger partial charge on any atom is -0.350 e. The molecular formula is C12H11N5OS2. The number of aromatic amines is 1. The van der Waals surface area contributed by atoms with Gasteiger partial charge in [0.25, 0.3) is 5.91 Å². The second-order valence-corrected chi connectivity index (χ2v) is 5.76. The molecule has 3 aromatic heterocycles. The highest BCUT2D eigenvalue weighted by atomic mass is 32.1. The van der Waals surface area contributed by atoms with E-state index in [2.05, 4.69) is 25.5 Å². The predicted octanol–water partition coefficient (Wildman–Crippen LogP) is 1.96. The normalized spacial score (nSPS) is 10.6. The Morgan fingerprint density at radius 1 is 1.40 bits per heavy atom. The van der Waals surface area contributed by atoms with Crippen LogP contribution in [0.1, 0.15) is 16.3 Å². The van der Waals surface area contributed by atoms with Crippen molar-refractivity contribution in [3.05, 3.63) is 40.7 Å². The molecule has 8 heteroatoms. The van der Waals surface area contributed by atoms with Gasteiger partial charge in [-0.25, -0.2) is 9.97 Å². The van der Waals surface area contributed by atoms with Gasteiger partial charge in [0, 0.05) is 18.3 Å². The fraction of sp³-hybridized carbons (Fsp3) is 0.167. The van der Waals surface area contributed by atoms with Gasteiger partial charge in [0.1, 0.15) is 22.9 Å². The van der Waals surface area contributed by atoms with Gasteiger partial charge in [-0.2, -0.15) is 5.10 Å². The lowest BCUT2D eigenvalue weighted by Crippen LogP contribution is -2.26. The third-order valence-corrected chi connectivity index (χ3v) is 4.46. The van der Waals surface area contributed by atoms with Crippen molar-refractivity contribution < 1.29 is 4.79 Å². The highest BCUT2D eigenvalue weighted by molar-refractivity contribution is 7.20. The number of aromatic nitrogens is 4. The molecule has 0 saturated heterocycles. The highest BCUT2D eigenvalue weighted by Gasteiger charge is 2.12. The molecule has 1 amide bonds. The molecule has 2 N–H and O–H groups in total. The largest absolute Gasteiger partial charge is 0.350 e. The monoisotopic (exact) mass is 305 g/mol. The van der Waals surface area contributed by atoms with E-state index in [0.29, 0.717) is 18.7 Å². The highest BCUT2D eigenvalue weighted by Crippen LogP contribution is 2.27. The van der Waals surface area contributed by atoms with Gasteiger partial charge >= 0.3 is 0 Å². The van der Waals surface area contributed by atoms with Gasteiger partial charge in [0.2, 0.25) is 0 Å². The molecule has 3 aromatic rings. The van der Waals surface area contributed by atoms with E-state index in [1.807, 2.05) is 17.5 Å². The van der Waals surface area contributed by atoms with Crippen LogP contribution < -0.4 is 5.32 Å². The number of thiazole rings is 1. The van der Waals surface area contributed by atoms with Crippen LogP contribution in [-0.2, 0) is 6.42 Å². The molecule has 0 bridgehead atoms. The van der Waals surface area contributed by atoms with Gasteiger partial charge in [0.05, 0.1) is 4.88 Å². The smallest absolute Gasteiger partial charge is 0.270 e. The summed E-state index contributed by atoms with van der Waals surface area (Å²) < 4.78 is 0. The predicted molar refractivity (Wildman–Crippen MR) is 77.8 cm³/mol. The SMILES string of the molecule is O=C(NCCc1ncn[nH]1)c1csc(-c2cccs2)n1. The molecule has 6 nitrogen and oxygen atoms in total. The average Bonchev–Trinajstić information content (AvgIpc) is 3.20. The summed E-state index contributed by atoms with van der Waals surface area (Å²) in [5.41, 5.74) is 0.455. The molecule has 3 rings (SSSR count). The molecule has 0 saturated carbocycles. The van der Waals surface area contributed by atoms with Crippen LogP contribution in [0.2, 0.25) is 0 Å². The van der Waals surface area contributed by atoms with E-state index in [1.165, 1.54) is 17.7 Å². The molecule has 3 heterocycles. The molecule has 0 fully saturated rings. The Kier molecular flexibility index (Phi) is 3.84. The Bertz CT molecular complexity index is 675. The minimum absolute atomic E-state index is 0.163. The molecule has 0 aliphatic rings. The summed E-state index contributed by atoms with van der Waals surface area (Å²) >= 11 is 3.09. The number of hydrogen-bond acceptors (Lipinski definition) is 6. The van der Waals surface area contributed by atoms with Gasteiger partial charge < -0.3 is 5.32 Å². The van der Waals surface area contributed by atoms with Gasteiger partial charge in [0.15, 0.2) is 0 Å². The van der Waals surface area contributed by atoms with Crippen LogP contribution in [0.25, 0.3) is 9.88 Å². The zero-order valence-electron chi connectivity index (χ0n) is 10.4. The van der Waals surface area contributed by atoms with Crippen molar-refractivity contribution in [3.8, 4) is 9.88 Å². The van der Waals surface area contributed by atoms with Crippen LogP contribution in [0.3, 0.4) is 0 Å². The first-order chi connectivity index (χ1) is 9.83. The van der Waals surface area contributed by atoms with Crippen molar-refractivity contribution in [2.75, 3.05) is 6.54 Å². The second-order valence-electron chi connectivity index (χ2n) is 3.95. The van der Waals surface area contributed by atoms with Crippen molar-refractivity contribution in [1.29, 1.82) is 0 Å². The van der Waals surface area contributed by atoms with Gasteiger partial charge in [-0.1, -0.05) is 6.07 Å². The molecule has 0 aliphatic carbocycles. The Labute approximate surface area is 122 Å². The van der Waals surface area contributed by atoms with Crippen molar-refractivity contribution in [2.45, 2.75) is 6.42 Å². The lowest BCUT2D eigenvalue weighted by molar-refractivity contribution is 0.0950. The molecule has 0 spiro atoms. The van der Waals surface area contributed by atoms with Crippen LogP contribution in [-0.4, -0.2) is 32.6 Å². The lowest BCUT2D eigenvalue weighted by atomic mass is 10.4. The van der Waals surface area contributed by atoms with E-state index < -0.39 is 0 Å². The molecule has 0 aromatic carbocycles. The van der Waals surface area contributed by atoms with E-state index in [1.54, 1.807) is 16.7 Å². The number of hydrogen-bond donors (Lipinski definition) is 2. The third kappa shape index (κ3) is 2.91. The number of nitrogens with zero attached hydrogens (tertiary/aromatic N) is 3. The molecule has 0 aliphatic heterocycles. The number of rotatable bonds is 5. The third-order valence-electron chi connectivity index (χ3n) is 2.58. The van der Waals surface area contributed by atoms with Gasteiger partial charge in [-0.3, -0.25) is 9.89 Å². The maximum Gasteiger partial charge on any atom is 0.270 e. The van der Waals surface area contributed by atoms with E-state index in [0.717, 1.165) is 15.7 Å². The molecule has 0 atom stereocenters. The zero-order valence-corrected chi connectivity index (χ0v) is 12.0. The number of H-pyrrole nitrogens is 1. The molecule has 0 radical (unpaired) electrons. The molecule has 102 valence electrons. The number of thiophene rings is 1. The van der Waals surface area contributed by atoms with Crippen molar-refractivity contribution in [1.82, 2.24) is 25.5 Å². The minimum atomic E-state index is -0.163. The number of carbonyl (C=O) groups excluding carboxylic acids is 1. The first kappa shape index (κ1) is 12.9. The molecular weight excluding hydrogens is 294 g/mol. The van der Waals surface area contributed by atoms with E-state index in [4.69, 9.17) is 0 Å². The van der Waals surface area contributed by atoms with Gasteiger partial charge in [-0.05, 0) is 11.4 Å². The standard InChI is InChI=1S/C12H11N5OS2/c18-11(13-4-3-10-14-7-15-17-10)8-6-20-12(16-8)9-2-1-5-19-9/h1-2,5-7H,3-4H2,(H,13,18)(H,14,15,17). The van der Waals surface area contributed by atoms with E-state index in [-0.39, 0.29) is 5.91 Å². The maximum absolute atomic E-state index is 11.9. The summed E-state index contributed by atoms with van der Waals surface area (Å²) in [5.74, 6) is 0.589. The first-order valence-corrected chi connectivity index (χ1v) is 7.71. The summed E-state index contributed by atoms with van der Waals surface area (Å²) in [4.78, 5) is 21.4. The Balaban J connectivity index is 1.57. The zero-order chi connectivity index (χ0) is 13.8. The summed E-state index contributed by atoms with van der Waals surface area (Å²) in [7, 11) is 0. The fourth-order valence-electron chi connectivity index (χ4n) is 1.63. The van der Waals surface area contributed by atoms with Crippen LogP contribution in [0.5, 0.6) is 0 Å². The summed E-state index contributed by atoms with van der Waals surface area (Å²) in [6.45, 7) is 0.500. The van der Waals surface area contributed by atoms with Crippen molar-refractivity contribution in [3.63, 3.8) is 0 Å². The summed E-state index contributed by atoms with van der Waals surface area (Å²) in [6, 6.07) is 3.97. The Morgan fingerprint density at radius 2 is 2.35 bits per heavy atom. The van der Waals surface area contributed by atoms with Gasteiger partial charge in [-0.15, -0.1) is 22.7 Å². The average molecular weight is 305 g/mol. The van der Waals surface area contributed by atoms with E-state index >= 15 is 0 Å². The molecule has 0 unspecified atom stereocenters. The van der Waals surface area contributed by atoms with Crippen LogP contribution in [0, 0.1) is 0 Å². The van der Waals surface area contributed by atoms with Crippen molar-refractivity contribution >= 4 is 28.6 Å². The quantitative estimate of drug-likeness (QED) is 0.755. The van der Waals surface area contributed by atoms with Crippen LogP contribution >= 0.6 is 22.7 Å². The number of amides is 1. The van der Waals surface area contributed by atoms with Crippen molar-refractivity contribution in [2.24, 2.45) is 0 Å². The second kappa shape index (κ2) is 5.93. The summed E-state index contributed by atoms with van der Waals surface area (Å²) in [5, 5.41) is 14.0. The Morgan fingerprint density at radius 3 is 3.10 bits per heavy atom. The van der Waals surface area contributed by atoms with E-state index in [9.17, 15) is 4.79 Å². The van der Waals surface area contributed by atoms with Crippen LogP contribution in [0.4, 0.5) is 0 Å². The van der Waals surface area contributed by atoms with Crippen LogP contribution in [0.15, 0.2) is 29.2 Å². The maximum atomic E-state index is 11.9. The molecule has 20 heavy (non-hydrogen) atoms. The number of carbonyl (C=O) groups is 1. The summed E-state index contributed by atoms with van der Waals surface area (Å²) in [6.07, 6.45) is 2.07. The lowest BCUT2D eigenvalue weighted by Gasteiger charge is -2.00. The number of nitrogens with one attached hydrogen (secondary N) is 2.